The molecule has 0 radical (unpaired) electrons. The monoisotopic (exact) mass is 194 g/mol. The molecule has 0 aliphatic heterocycles. The van der Waals surface area contributed by atoms with Crippen LogP contribution in [-0.4, -0.2) is 11.2 Å². The quantitative estimate of drug-likeness (QED) is 0.526. The number of hydrogen-bond donors (Lipinski definition) is 1. The van der Waals surface area contributed by atoms with E-state index < -0.39 is 0 Å². The normalized spacial score (nSPS) is 20.3. The molecular formula is C13H22O. The second-order valence-corrected chi connectivity index (χ2v) is 4.49. The molecule has 1 fully saturated rings. The summed E-state index contributed by atoms with van der Waals surface area (Å²) in [5, 5.41) is 9.76. The molecule has 0 saturated heterocycles. The second-order valence-electron chi connectivity index (χ2n) is 4.49. The zero-order valence-corrected chi connectivity index (χ0v) is 9.04. The number of rotatable bonds is 5. The van der Waals surface area contributed by atoms with Gasteiger partial charge in [0.15, 0.2) is 0 Å². The molecule has 0 amide bonds. The molecule has 0 spiro atoms. The van der Waals surface area contributed by atoms with Crippen molar-refractivity contribution in [2.75, 3.05) is 0 Å². The maximum atomic E-state index is 9.76. The van der Waals surface area contributed by atoms with E-state index in [0.29, 0.717) is 0 Å². The van der Waals surface area contributed by atoms with Crippen molar-refractivity contribution in [1.29, 1.82) is 0 Å². The zero-order chi connectivity index (χ0) is 10.2. The van der Waals surface area contributed by atoms with E-state index in [2.05, 4.69) is 5.92 Å². The summed E-state index contributed by atoms with van der Waals surface area (Å²) < 4.78 is 0. The highest BCUT2D eigenvalue weighted by molar-refractivity contribution is 4.83. The lowest BCUT2D eigenvalue weighted by molar-refractivity contribution is 0.120. The molecule has 1 rings (SSSR count). The third-order valence-electron chi connectivity index (χ3n) is 3.19. The third kappa shape index (κ3) is 4.67. The Morgan fingerprint density at radius 3 is 2.64 bits per heavy atom. The molecule has 14 heavy (non-hydrogen) atoms. The number of unbranched alkanes of at least 4 members (excludes halogenated alkanes) is 1. The molecular weight excluding hydrogens is 172 g/mol. The van der Waals surface area contributed by atoms with Crippen molar-refractivity contribution in [2.45, 2.75) is 63.9 Å². The molecule has 1 atom stereocenters. The van der Waals surface area contributed by atoms with Gasteiger partial charge in [-0.3, -0.25) is 0 Å². The molecule has 1 saturated carbocycles. The van der Waals surface area contributed by atoms with Crippen molar-refractivity contribution >= 4 is 0 Å². The summed E-state index contributed by atoms with van der Waals surface area (Å²) in [5.74, 6) is 3.40. The third-order valence-corrected chi connectivity index (χ3v) is 3.19. The van der Waals surface area contributed by atoms with E-state index in [9.17, 15) is 5.11 Å². The lowest BCUT2D eigenvalue weighted by atomic mass is 9.84. The highest BCUT2D eigenvalue weighted by Gasteiger charge is 2.16. The minimum absolute atomic E-state index is 0.105. The largest absolute Gasteiger partial charge is 0.393 e. The summed E-state index contributed by atoms with van der Waals surface area (Å²) in [6.45, 7) is 0. The average molecular weight is 194 g/mol. The minimum Gasteiger partial charge on any atom is -0.393 e. The summed E-state index contributed by atoms with van der Waals surface area (Å²) >= 11 is 0. The maximum Gasteiger partial charge on any atom is 0.0543 e. The lowest BCUT2D eigenvalue weighted by Crippen LogP contribution is -2.15. The summed E-state index contributed by atoms with van der Waals surface area (Å²) in [5.41, 5.74) is 0. The van der Waals surface area contributed by atoms with Crippen LogP contribution in [0.4, 0.5) is 0 Å². The molecule has 1 unspecified atom stereocenters. The Morgan fingerprint density at radius 2 is 2.00 bits per heavy atom. The summed E-state index contributed by atoms with van der Waals surface area (Å²) in [6.07, 6.45) is 15.5. The minimum atomic E-state index is -0.105. The van der Waals surface area contributed by atoms with E-state index in [1.807, 2.05) is 0 Å². The van der Waals surface area contributed by atoms with Crippen LogP contribution in [0.2, 0.25) is 0 Å². The molecule has 80 valence electrons. The van der Waals surface area contributed by atoms with Gasteiger partial charge >= 0.3 is 0 Å². The Kier molecular flexibility index (Phi) is 5.71. The van der Waals surface area contributed by atoms with E-state index in [4.69, 9.17) is 6.42 Å². The van der Waals surface area contributed by atoms with Gasteiger partial charge in [-0.15, -0.1) is 12.3 Å². The standard InChI is InChI=1S/C13H22O/c1-2-3-5-10-13(14)11-12-8-6-4-7-9-12/h1,12-14H,3-11H2. The number of terminal acetylenes is 1. The van der Waals surface area contributed by atoms with E-state index in [0.717, 1.165) is 31.6 Å². The van der Waals surface area contributed by atoms with Gasteiger partial charge in [-0.05, 0) is 25.2 Å². The van der Waals surface area contributed by atoms with Gasteiger partial charge in [-0.25, -0.2) is 0 Å². The van der Waals surface area contributed by atoms with Crippen LogP contribution in [0.15, 0.2) is 0 Å². The molecule has 1 nitrogen and oxygen atoms in total. The summed E-state index contributed by atoms with van der Waals surface area (Å²) in [7, 11) is 0. The Morgan fingerprint density at radius 1 is 1.29 bits per heavy atom. The van der Waals surface area contributed by atoms with Crippen LogP contribution < -0.4 is 0 Å². The molecule has 1 aliphatic carbocycles. The molecule has 0 aromatic rings. The molecule has 1 heteroatoms. The van der Waals surface area contributed by atoms with Crippen molar-refractivity contribution in [3.8, 4) is 12.3 Å². The summed E-state index contributed by atoms with van der Waals surface area (Å²) in [4.78, 5) is 0. The van der Waals surface area contributed by atoms with E-state index in [1.54, 1.807) is 0 Å². The van der Waals surface area contributed by atoms with E-state index >= 15 is 0 Å². The second kappa shape index (κ2) is 6.90. The first-order chi connectivity index (χ1) is 6.83. The van der Waals surface area contributed by atoms with Gasteiger partial charge in [0.05, 0.1) is 6.10 Å². The van der Waals surface area contributed by atoms with Crippen LogP contribution in [0.1, 0.15) is 57.8 Å². The maximum absolute atomic E-state index is 9.76. The van der Waals surface area contributed by atoms with Gasteiger partial charge in [0.25, 0.3) is 0 Å². The highest BCUT2D eigenvalue weighted by atomic mass is 16.3. The molecule has 1 N–H and O–H groups in total. The van der Waals surface area contributed by atoms with Crippen molar-refractivity contribution in [3.63, 3.8) is 0 Å². The van der Waals surface area contributed by atoms with Gasteiger partial charge in [-0.2, -0.15) is 0 Å². The Hall–Kier alpha value is -0.480. The van der Waals surface area contributed by atoms with E-state index in [-0.39, 0.29) is 6.10 Å². The van der Waals surface area contributed by atoms with Crippen LogP contribution in [0, 0.1) is 18.3 Å². The van der Waals surface area contributed by atoms with Crippen LogP contribution in [-0.2, 0) is 0 Å². The lowest BCUT2D eigenvalue weighted by Gasteiger charge is -2.23. The molecule has 0 bridgehead atoms. The fourth-order valence-corrected chi connectivity index (χ4v) is 2.37. The smallest absolute Gasteiger partial charge is 0.0543 e. The SMILES string of the molecule is C#CCCCC(O)CC1CCCCC1. The molecule has 0 heterocycles. The van der Waals surface area contributed by atoms with E-state index in [1.165, 1.54) is 32.1 Å². The van der Waals surface area contributed by atoms with Crippen molar-refractivity contribution in [1.82, 2.24) is 0 Å². The first-order valence-electron chi connectivity index (χ1n) is 5.94. The number of aliphatic hydroxyl groups excluding tert-OH is 1. The Balaban J connectivity index is 2.06. The van der Waals surface area contributed by atoms with Crippen molar-refractivity contribution in [3.05, 3.63) is 0 Å². The van der Waals surface area contributed by atoms with Crippen LogP contribution in [0.25, 0.3) is 0 Å². The predicted octanol–water partition coefficient (Wildman–Crippen LogP) is 3.12. The molecule has 0 aromatic heterocycles. The van der Waals surface area contributed by atoms with Crippen molar-refractivity contribution < 1.29 is 5.11 Å². The van der Waals surface area contributed by atoms with Gasteiger partial charge in [-0.1, -0.05) is 32.1 Å². The first kappa shape index (κ1) is 11.6. The van der Waals surface area contributed by atoms with Crippen LogP contribution >= 0.6 is 0 Å². The van der Waals surface area contributed by atoms with Gasteiger partial charge in [0, 0.05) is 6.42 Å². The van der Waals surface area contributed by atoms with Crippen molar-refractivity contribution in [2.24, 2.45) is 5.92 Å². The Bertz CT molecular complexity index is 174. The fourth-order valence-electron chi connectivity index (χ4n) is 2.37. The zero-order valence-electron chi connectivity index (χ0n) is 9.04. The van der Waals surface area contributed by atoms with Crippen LogP contribution in [0.5, 0.6) is 0 Å². The first-order valence-corrected chi connectivity index (χ1v) is 5.94. The van der Waals surface area contributed by atoms with Gasteiger partial charge in [0.2, 0.25) is 0 Å². The fraction of sp³-hybridized carbons (Fsp3) is 0.846. The number of aliphatic hydroxyl groups is 1. The van der Waals surface area contributed by atoms with Crippen LogP contribution in [0.3, 0.4) is 0 Å². The predicted molar refractivity (Wildman–Crippen MR) is 59.9 cm³/mol. The molecule has 0 aromatic carbocycles. The molecule has 1 aliphatic rings. The highest BCUT2D eigenvalue weighted by Crippen LogP contribution is 2.28. The Labute approximate surface area is 87.9 Å². The summed E-state index contributed by atoms with van der Waals surface area (Å²) in [6, 6.07) is 0. The number of hydrogen-bond acceptors (Lipinski definition) is 1. The van der Waals surface area contributed by atoms with Gasteiger partial charge in [0.1, 0.15) is 0 Å². The van der Waals surface area contributed by atoms with Gasteiger partial charge < -0.3 is 5.11 Å². The topological polar surface area (TPSA) is 20.2 Å². The average Bonchev–Trinajstić information content (AvgIpc) is 2.20.